The summed E-state index contributed by atoms with van der Waals surface area (Å²) in [5.41, 5.74) is -0.510. The maximum atomic E-state index is 12.9. The molecule has 0 spiro atoms. The number of halogens is 1. The Morgan fingerprint density at radius 1 is 1.52 bits per heavy atom. The molecule has 1 fully saturated rings. The Hall–Kier alpha value is -0.700. The molecule has 1 saturated heterocycles. The molecule has 1 unspecified atom stereocenters. The van der Waals surface area contributed by atoms with Gasteiger partial charge >= 0.3 is 0 Å². The van der Waals surface area contributed by atoms with Gasteiger partial charge in [0.15, 0.2) is 0 Å². The van der Waals surface area contributed by atoms with Gasteiger partial charge in [-0.25, -0.2) is 13.4 Å². The Morgan fingerprint density at radius 2 is 2.19 bits per heavy atom. The fourth-order valence-corrected chi connectivity index (χ4v) is 4.85. The second-order valence-electron chi connectivity index (χ2n) is 5.74. The van der Waals surface area contributed by atoms with Crippen LogP contribution in [0.15, 0.2) is 21.6 Å². The lowest BCUT2D eigenvalue weighted by atomic mass is 10.1. The van der Waals surface area contributed by atoms with Gasteiger partial charge in [-0.1, -0.05) is 0 Å². The summed E-state index contributed by atoms with van der Waals surface area (Å²) in [5.74, 6) is 0.343. The first-order chi connectivity index (χ1) is 9.65. The number of aromatic nitrogens is 1. The first-order valence-corrected chi connectivity index (χ1v) is 8.90. The Morgan fingerprint density at radius 3 is 2.76 bits per heavy atom. The summed E-state index contributed by atoms with van der Waals surface area (Å²) < 4.78 is 33.7. The van der Waals surface area contributed by atoms with Crippen molar-refractivity contribution < 1.29 is 13.2 Å². The van der Waals surface area contributed by atoms with Gasteiger partial charge in [-0.3, -0.25) is 0 Å². The van der Waals surface area contributed by atoms with Crippen molar-refractivity contribution in [1.82, 2.24) is 9.29 Å². The van der Waals surface area contributed by atoms with E-state index in [2.05, 4.69) is 26.2 Å². The average molecular weight is 378 g/mol. The predicted molar refractivity (Wildman–Crippen MR) is 84.9 cm³/mol. The van der Waals surface area contributed by atoms with Gasteiger partial charge in [0.25, 0.3) is 0 Å². The molecule has 21 heavy (non-hydrogen) atoms. The molecule has 0 amide bonds. The third-order valence-corrected chi connectivity index (χ3v) is 5.47. The smallest absolute Gasteiger partial charge is 0.246 e. The summed E-state index contributed by atoms with van der Waals surface area (Å²) in [6.07, 6.45) is 1.41. The molecule has 2 rings (SSSR count). The van der Waals surface area contributed by atoms with E-state index in [9.17, 15) is 8.42 Å². The largest absolute Gasteiger partial charge is 0.372 e. The SMILES string of the molecule is CNc1ncc(Br)cc1S(=O)(=O)N1CC(C)OC(C)(C)C1. The van der Waals surface area contributed by atoms with Gasteiger partial charge in [0, 0.05) is 30.8 Å². The standard InChI is InChI=1S/C13H20BrN3O3S/c1-9-7-17(8-13(2,3)20-9)21(18,19)11-5-10(14)6-16-12(11)15-4/h5-6,9H,7-8H2,1-4H3,(H,15,16). The quantitative estimate of drug-likeness (QED) is 0.872. The van der Waals surface area contributed by atoms with Crippen molar-refractivity contribution in [3.8, 4) is 0 Å². The Balaban J connectivity index is 2.45. The molecular formula is C13H20BrN3O3S. The summed E-state index contributed by atoms with van der Waals surface area (Å²) in [7, 11) is -1.98. The van der Waals surface area contributed by atoms with E-state index in [0.717, 1.165) is 0 Å². The second kappa shape index (κ2) is 5.83. The summed E-state index contributed by atoms with van der Waals surface area (Å²) in [4.78, 5) is 4.29. The van der Waals surface area contributed by atoms with E-state index in [-0.39, 0.29) is 11.0 Å². The van der Waals surface area contributed by atoms with E-state index < -0.39 is 15.6 Å². The third-order valence-electron chi connectivity index (χ3n) is 3.21. The summed E-state index contributed by atoms with van der Waals surface area (Å²) in [6.45, 7) is 6.31. The molecule has 0 bridgehead atoms. The number of nitrogens with one attached hydrogen (secondary N) is 1. The van der Waals surface area contributed by atoms with E-state index in [1.165, 1.54) is 4.31 Å². The van der Waals surface area contributed by atoms with Crippen LogP contribution in [0.4, 0.5) is 5.82 Å². The lowest BCUT2D eigenvalue weighted by Gasteiger charge is -2.40. The predicted octanol–water partition coefficient (Wildman–Crippen LogP) is 2.07. The number of pyridine rings is 1. The molecule has 0 aromatic carbocycles. The van der Waals surface area contributed by atoms with Gasteiger partial charge in [0.1, 0.15) is 10.7 Å². The number of rotatable bonds is 3. The highest BCUT2D eigenvalue weighted by Gasteiger charge is 2.39. The van der Waals surface area contributed by atoms with Crippen LogP contribution in [-0.4, -0.2) is 49.5 Å². The topological polar surface area (TPSA) is 71.5 Å². The minimum Gasteiger partial charge on any atom is -0.372 e. The molecule has 0 saturated carbocycles. The monoisotopic (exact) mass is 377 g/mol. The Kier molecular flexibility index (Phi) is 4.63. The van der Waals surface area contributed by atoms with E-state index in [4.69, 9.17) is 4.74 Å². The summed E-state index contributed by atoms with van der Waals surface area (Å²) in [6, 6.07) is 1.57. The van der Waals surface area contributed by atoms with Crippen molar-refractivity contribution in [1.29, 1.82) is 0 Å². The normalized spacial score (nSPS) is 23.0. The van der Waals surface area contributed by atoms with Gasteiger partial charge in [0.2, 0.25) is 10.0 Å². The van der Waals surface area contributed by atoms with Crippen molar-refractivity contribution in [3.05, 3.63) is 16.7 Å². The van der Waals surface area contributed by atoms with Crippen LogP contribution in [0.5, 0.6) is 0 Å². The highest BCUT2D eigenvalue weighted by molar-refractivity contribution is 9.10. The highest BCUT2D eigenvalue weighted by atomic mass is 79.9. The van der Waals surface area contributed by atoms with Gasteiger partial charge in [-0.15, -0.1) is 0 Å². The van der Waals surface area contributed by atoms with E-state index >= 15 is 0 Å². The van der Waals surface area contributed by atoms with Gasteiger partial charge < -0.3 is 10.1 Å². The van der Waals surface area contributed by atoms with Crippen LogP contribution in [0, 0.1) is 0 Å². The molecule has 1 aliphatic rings. The van der Waals surface area contributed by atoms with Crippen LogP contribution in [0.1, 0.15) is 20.8 Å². The lowest BCUT2D eigenvalue weighted by Crippen LogP contribution is -2.53. The third kappa shape index (κ3) is 3.56. The Bertz CT molecular complexity index is 634. The number of hydrogen-bond acceptors (Lipinski definition) is 5. The number of morpholine rings is 1. The van der Waals surface area contributed by atoms with E-state index in [0.29, 0.717) is 23.4 Å². The molecule has 1 atom stereocenters. The summed E-state index contributed by atoms with van der Waals surface area (Å²) >= 11 is 3.28. The Labute approximate surface area is 134 Å². The maximum Gasteiger partial charge on any atom is 0.246 e. The van der Waals surface area contributed by atoms with Crippen LogP contribution >= 0.6 is 15.9 Å². The van der Waals surface area contributed by atoms with Crippen molar-refractivity contribution in [3.63, 3.8) is 0 Å². The maximum absolute atomic E-state index is 12.9. The van der Waals surface area contributed by atoms with Crippen molar-refractivity contribution in [2.75, 3.05) is 25.5 Å². The van der Waals surface area contributed by atoms with Crippen molar-refractivity contribution >= 4 is 31.8 Å². The van der Waals surface area contributed by atoms with Crippen LogP contribution in [0.25, 0.3) is 0 Å². The number of hydrogen-bond donors (Lipinski definition) is 1. The fourth-order valence-electron chi connectivity index (χ4n) is 2.52. The molecule has 1 aliphatic heterocycles. The zero-order chi connectivity index (χ0) is 15.8. The van der Waals surface area contributed by atoms with Crippen LogP contribution < -0.4 is 5.32 Å². The van der Waals surface area contributed by atoms with Crippen molar-refractivity contribution in [2.24, 2.45) is 0 Å². The van der Waals surface area contributed by atoms with Gasteiger partial charge in [-0.05, 0) is 42.8 Å². The number of ether oxygens (including phenoxy) is 1. The molecule has 2 heterocycles. The second-order valence-corrected chi connectivity index (χ2v) is 8.56. The highest BCUT2D eigenvalue weighted by Crippen LogP contribution is 2.30. The van der Waals surface area contributed by atoms with E-state index in [1.54, 1.807) is 19.3 Å². The molecule has 8 heteroatoms. The number of anilines is 1. The summed E-state index contributed by atoms with van der Waals surface area (Å²) in [5, 5.41) is 2.83. The average Bonchev–Trinajstić information content (AvgIpc) is 2.36. The molecule has 1 aromatic rings. The molecule has 1 aromatic heterocycles. The molecule has 0 radical (unpaired) electrons. The van der Waals surface area contributed by atoms with Crippen LogP contribution in [-0.2, 0) is 14.8 Å². The van der Waals surface area contributed by atoms with Crippen LogP contribution in [0.3, 0.4) is 0 Å². The van der Waals surface area contributed by atoms with Crippen LogP contribution in [0.2, 0.25) is 0 Å². The molecule has 0 aliphatic carbocycles. The molecular weight excluding hydrogens is 358 g/mol. The zero-order valence-corrected chi connectivity index (χ0v) is 15.0. The van der Waals surface area contributed by atoms with E-state index in [1.807, 2.05) is 20.8 Å². The minimum atomic E-state index is -3.63. The first-order valence-electron chi connectivity index (χ1n) is 6.67. The minimum absolute atomic E-state index is 0.151. The molecule has 118 valence electrons. The zero-order valence-electron chi connectivity index (χ0n) is 12.6. The van der Waals surface area contributed by atoms with Gasteiger partial charge in [0.05, 0.1) is 11.7 Å². The number of sulfonamides is 1. The molecule has 6 nitrogen and oxygen atoms in total. The lowest BCUT2D eigenvalue weighted by molar-refractivity contribution is -0.109. The van der Waals surface area contributed by atoms with Crippen molar-refractivity contribution in [2.45, 2.75) is 37.4 Å². The number of nitrogens with zero attached hydrogens (tertiary/aromatic N) is 2. The van der Waals surface area contributed by atoms with Gasteiger partial charge in [-0.2, -0.15) is 4.31 Å². The first kappa shape index (κ1) is 16.7. The molecule has 1 N–H and O–H groups in total. The fraction of sp³-hybridized carbons (Fsp3) is 0.615.